The Balaban J connectivity index is 0.00000220. The fourth-order valence-electron chi connectivity index (χ4n) is 1.73. The van der Waals surface area contributed by atoms with E-state index in [2.05, 4.69) is 5.32 Å². The monoisotopic (exact) mass is 388 g/mol. The number of aryl methyl sites for hydroxylation is 2. The zero-order valence-corrected chi connectivity index (χ0v) is 14.5. The van der Waals surface area contributed by atoms with Crippen molar-refractivity contribution in [3.8, 4) is 0 Å². The number of anilines is 1. The summed E-state index contributed by atoms with van der Waals surface area (Å²) in [6, 6.07) is 9.13. The Morgan fingerprint density at radius 1 is 1.14 bits per heavy atom. The molecule has 0 atom stereocenters. The Morgan fingerprint density at radius 3 is 2.29 bits per heavy atom. The fourth-order valence-corrected chi connectivity index (χ4v) is 2.22. The first kappa shape index (κ1) is 18.0. The zero-order chi connectivity index (χ0) is 14.5. The molecule has 1 amide bonds. The van der Waals surface area contributed by atoms with Crippen LogP contribution in [0.1, 0.15) is 12.0 Å². The number of para-hydroxylation sites is 1. The summed E-state index contributed by atoms with van der Waals surface area (Å²) in [6.45, 7) is 2.63. The van der Waals surface area contributed by atoms with Crippen LogP contribution in [0.2, 0.25) is 10.0 Å². The molecule has 21 heavy (non-hydrogen) atoms. The minimum atomic E-state index is -0.118. The van der Waals surface area contributed by atoms with E-state index in [1.165, 1.54) is 5.56 Å². The Morgan fingerprint density at radius 2 is 1.71 bits per heavy atom. The van der Waals surface area contributed by atoms with Crippen molar-refractivity contribution in [3.05, 3.63) is 58.3 Å². The first-order valence-electron chi connectivity index (χ1n) is 6.26. The predicted octanol–water partition coefficient (Wildman–Crippen LogP) is 0.622. The van der Waals surface area contributed by atoms with E-state index in [0.29, 0.717) is 28.7 Å². The van der Waals surface area contributed by atoms with Crippen LogP contribution in [0.4, 0.5) is 5.69 Å². The van der Waals surface area contributed by atoms with Crippen molar-refractivity contribution in [2.45, 2.75) is 19.9 Å². The van der Waals surface area contributed by atoms with Crippen molar-refractivity contribution in [1.82, 2.24) is 0 Å². The van der Waals surface area contributed by atoms with E-state index in [0.717, 1.165) is 0 Å². The second kappa shape index (κ2) is 8.37. The van der Waals surface area contributed by atoms with Gasteiger partial charge in [0.05, 0.1) is 22.2 Å². The summed E-state index contributed by atoms with van der Waals surface area (Å²) in [5.74, 6) is -0.118. The van der Waals surface area contributed by atoms with Gasteiger partial charge in [-0.2, -0.15) is 0 Å². The third kappa shape index (κ3) is 5.30. The number of carbonyl (C=O) groups excluding carboxylic acids is 1. The minimum Gasteiger partial charge on any atom is -1.00 e. The molecule has 6 heteroatoms. The molecule has 1 heterocycles. The number of hydrogen-bond donors (Lipinski definition) is 1. The molecule has 0 bridgehead atoms. The van der Waals surface area contributed by atoms with Crippen molar-refractivity contribution in [1.29, 1.82) is 0 Å². The molecule has 2 aromatic rings. The summed E-state index contributed by atoms with van der Waals surface area (Å²) < 4.78 is 1.96. The van der Waals surface area contributed by atoms with Crippen molar-refractivity contribution in [3.63, 3.8) is 0 Å². The number of halogens is 3. The van der Waals surface area contributed by atoms with E-state index in [-0.39, 0.29) is 22.9 Å². The topological polar surface area (TPSA) is 33.0 Å². The largest absolute Gasteiger partial charge is 1.00 e. The Kier molecular flexibility index (Phi) is 7.15. The maximum Gasteiger partial charge on any atom is 0.230 e. The van der Waals surface area contributed by atoms with Gasteiger partial charge < -0.3 is 22.3 Å². The second-order valence-corrected chi connectivity index (χ2v) is 5.32. The van der Waals surface area contributed by atoms with Gasteiger partial charge in [-0.15, -0.1) is 0 Å². The van der Waals surface area contributed by atoms with E-state index in [9.17, 15) is 4.79 Å². The van der Waals surface area contributed by atoms with Gasteiger partial charge in [-0.05, 0) is 24.6 Å². The highest BCUT2D eigenvalue weighted by molar-refractivity contribution is 6.39. The molecule has 0 aliphatic heterocycles. The molecule has 0 saturated heterocycles. The number of carbonyl (C=O) groups is 1. The van der Waals surface area contributed by atoms with Gasteiger partial charge >= 0.3 is 0 Å². The Bertz CT molecular complexity index is 597. The van der Waals surface area contributed by atoms with Gasteiger partial charge in [0.2, 0.25) is 5.91 Å². The number of nitrogens with zero attached hydrogens (tertiary/aromatic N) is 1. The van der Waals surface area contributed by atoms with Crippen LogP contribution < -0.4 is 26.9 Å². The molecular formula is C15H15BrCl2N2O. The summed E-state index contributed by atoms with van der Waals surface area (Å²) in [5.41, 5.74) is 1.66. The van der Waals surface area contributed by atoms with Gasteiger partial charge in [0, 0.05) is 12.1 Å². The molecule has 0 saturated carbocycles. The third-order valence-electron chi connectivity index (χ3n) is 2.88. The average Bonchev–Trinajstić information content (AvgIpc) is 2.42. The van der Waals surface area contributed by atoms with Gasteiger partial charge in [-0.3, -0.25) is 4.79 Å². The lowest BCUT2D eigenvalue weighted by atomic mass is 10.3. The van der Waals surface area contributed by atoms with E-state index in [1.54, 1.807) is 18.2 Å². The molecule has 0 aliphatic carbocycles. The zero-order valence-electron chi connectivity index (χ0n) is 11.4. The lowest BCUT2D eigenvalue weighted by Gasteiger charge is -2.08. The van der Waals surface area contributed by atoms with E-state index >= 15 is 0 Å². The lowest BCUT2D eigenvalue weighted by molar-refractivity contribution is -0.695. The maximum absolute atomic E-state index is 11.9. The molecule has 3 nitrogen and oxygen atoms in total. The number of rotatable bonds is 4. The molecule has 1 aromatic heterocycles. The maximum atomic E-state index is 11.9. The van der Waals surface area contributed by atoms with E-state index in [4.69, 9.17) is 23.2 Å². The molecule has 0 radical (unpaired) electrons. The van der Waals surface area contributed by atoms with Crippen LogP contribution in [0.5, 0.6) is 0 Å². The smallest absolute Gasteiger partial charge is 0.230 e. The van der Waals surface area contributed by atoms with Crippen molar-refractivity contribution < 1.29 is 26.3 Å². The molecule has 0 fully saturated rings. The van der Waals surface area contributed by atoms with Gasteiger partial charge in [0.25, 0.3) is 0 Å². The molecule has 0 aliphatic rings. The quantitative estimate of drug-likeness (QED) is 0.764. The summed E-state index contributed by atoms with van der Waals surface area (Å²) >= 11 is 12.0. The molecule has 112 valence electrons. The SMILES string of the molecule is Cc1cc[n+](CCC(=O)Nc2c(Cl)cccc2Cl)cc1.[Br-]. The lowest BCUT2D eigenvalue weighted by Crippen LogP contribution is -3.00. The highest BCUT2D eigenvalue weighted by Crippen LogP contribution is 2.29. The van der Waals surface area contributed by atoms with E-state index in [1.807, 2.05) is 36.0 Å². The number of hydrogen-bond acceptors (Lipinski definition) is 1. The van der Waals surface area contributed by atoms with Crippen LogP contribution in [0, 0.1) is 6.92 Å². The fraction of sp³-hybridized carbons (Fsp3) is 0.200. The summed E-state index contributed by atoms with van der Waals surface area (Å²) in [5, 5.41) is 3.62. The molecule has 0 spiro atoms. The number of benzene rings is 1. The number of pyridine rings is 1. The van der Waals surface area contributed by atoms with Crippen LogP contribution in [-0.4, -0.2) is 5.91 Å². The van der Waals surface area contributed by atoms with Gasteiger partial charge in [0.1, 0.15) is 0 Å². The summed E-state index contributed by atoms with van der Waals surface area (Å²) in [7, 11) is 0. The number of amides is 1. The predicted molar refractivity (Wildman–Crippen MR) is 81.1 cm³/mol. The minimum absolute atomic E-state index is 0. The molecule has 1 aromatic carbocycles. The summed E-state index contributed by atoms with van der Waals surface area (Å²) in [4.78, 5) is 11.9. The van der Waals surface area contributed by atoms with Gasteiger partial charge in [0.15, 0.2) is 18.9 Å². The van der Waals surface area contributed by atoms with Crippen LogP contribution in [0.15, 0.2) is 42.7 Å². The van der Waals surface area contributed by atoms with Gasteiger partial charge in [-0.1, -0.05) is 29.3 Å². The Hall–Kier alpha value is -1.10. The highest BCUT2D eigenvalue weighted by Gasteiger charge is 2.11. The van der Waals surface area contributed by atoms with Gasteiger partial charge in [-0.25, -0.2) is 4.57 Å². The third-order valence-corrected chi connectivity index (χ3v) is 3.51. The van der Waals surface area contributed by atoms with Crippen LogP contribution in [-0.2, 0) is 11.3 Å². The van der Waals surface area contributed by atoms with Crippen LogP contribution in [0.25, 0.3) is 0 Å². The molecule has 1 N–H and O–H groups in total. The first-order chi connectivity index (χ1) is 9.56. The standard InChI is InChI=1S/C15H14Cl2N2O.BrH/c1-11-5-8-19(9-6-11)10-7-14(20)18-15-12(16)3-2-4-13(15)17;/h2-6,8-9H,7,10H2,1H3;1H. The molecule has 2 rings (SSSR count). The Labute approximate surface area is 144 Å². The second-order valence-electron chi connectivity index (χ2n) is 4.51. The van der Waals surface area contributed by atoms with E-state index < -0.39 is 0 Å². The summed E-state index contributed by atoms with van der Waals surface area (Å²) in [6.07, 6.45) is 4.26. The van der Waals surface area contributed by atoms with Crippen LogP contribution in [0.3, 0.4) is 0 Å². The average molecular weight is 390 g/mol. The number of nitrogens with one attached hydrogen (secondary N) is 1. The molecular weight excluding hydrogens is 375 g/mol. The van der Waals surface area contributed by atoms with Crippen molar-refractivity contribution >= 4 is 34.8 Å². The normalized spacial score (nSPS) is 9.86. The van der Waals surface area contributed by atoms with Crippen molar-refractivity contribution in [2.24, 2.45) is 0 Å². The number of aromatic nitrogens is 1. The highest BCUT2D eigenvalue weighted by atomic mass is 79.9. The van der Waals surface area contributed by atoms with Crippen molar-refractivity contribution in [2.75, 3.05) is 5.32 Å². The molecule has 0 unspecified atom stereocenters. The van der Waals surface area contributed by atoms with Crippen LogP contribution >= 0.6 is 23.2 Å². The first-order valence-corrected chi connectivity index (χ1v) is 7.01.